The summed E-state index contributed by atoms with van der Waals surface area (Å²) in [7, 11) is -3.76. The van der Waals surface area contributed by atoms with Gasteiger partial charge in [-0.1, -0.05) is 23.7 Å². The van der Waals surface area contributed by atoms with Gasteiger partial charge >= 0.3 is 0 Å². The number of nitrogens with two attached hydrogens (primary N) is 1. The van der Waals surface area contributed by atoms with Crippen LogP contribution in [0.1, 0.15) is 11.4 Å². The second-order valence-electron chi connectivity index (χ2n) is 3.93. The van der Waals surface area contributed by atoms with E-state index >= 15 is 0 Å². The predicted octanol–water partition coefficient (Wildman–Crippen LogP) is 1.54. The molecule has 0 amide bonds. The summed E-state index contributed by atoms with van der Waals surface area (Å²) in [6.07, 6.45) is 1.43. The summed E-state index contributed by atoms with van der Waals surface area (Å²) in [6, 6.07) is 7.31. The summed E-state index contributed by atoms with van der Waals surface area (Å²) in [5.41, 5.74) is 1.00. The van der Waals surface area contributed by atoms with Crippen LogP contribution in [0.5, 0.6) is 0 Å². The lowest BCUT2D eigenvalue weighted by Crippen LogP contribution is -2.12. The molecular formula is C11H12ClN3O2S. The first kappa shape index (κ1) is 13.1. The highest BCUT2D eigenvalue weighted by atomic mass is 35.5. The molecule has 0 saturated carbocycles. The molecule has 7 heteroatoms. The monoisotopic (exact) mass is 285 g/mol. The van der Waals surface area contributed by atoms with E-state index in [4.69, 9.17) is 16.7 Å². The first-order chi connectivity index (χ1) is 8.36. The Labute approximate surface area is 110 Å². The van der Waals surface area contributed by atoms with Gasteiger partial charge < -0.3 is 4.57 Å². The van der Waals surface area contributed by atoms with Crippen LogP contribution in [-0.4, -0.2) is 18.0 Å². The average molecular weight is 286 g/mol. The van der Waals surface area contributed by atoms with Crippen molar-refractivity contribution in [2.24, 2.45) is 5.14 Å². The Bertz CT molecular complexity index is 662. The van der Waals surface area contributed by atoms with Crippen molar-refractivity contribution in [1.29, 1.82) is 0 Å². The summed E-state index contributed by atoms with van der Waals surface area (Å²) in [4.78, 5) is 3.92. The number of nitrogens with zero attached hydrogens (tertiary/aromatic N) is 2. The number of aromatic nitrogens is 2. The summed E-state index contributed by atoms with van der Waals surface area (Å²) in [5, 5.41) is 5.57. The third-order valence-electron chi connectivity index (χ3n) is 2.51. The molecule has 0 radical (unpaired) electrons. The topological polar surface area (TPSA) is 78.0 Å². The minimum absolute atomic E-state index is 0.117. The van der Waals surface area contributed by atoms with Gasteiger partial charge in [0.25, 0.3) is 10.0 Å². The predicted molar refractivity (Wildman–Crippen MR) is 68.9 cm³/mol. The van der Waals surface area contributed by atoms with Crippen LogP contribution in [0.15, 0.2) is 35.5 Å². The summed E-state index contributed by atoms with van der Waals surface area (Å²) in [6.45, 7) is 2.25. The maximum atomic E-state index is 11.2. The highest BCUT2D eigenvalue weighted by Crippen LogP contribution is 2.13. The highest BCUT2D eigenvalue weighted by Gasteiger charge is 2.14. The quantitative estimate of drug-likeness (QED) is 0.929. The molecule has 1 heterocycles. The van der Waals surface area contributed by atoms with E-state index in [2.05, 4.69) is 4.98 Å². The van der Waals surface area contributed by atoms with Gasteiger partial charge in [-0.25, -0.2) is 18.5 Å². The Balaban J connectivity index is 2.30. The molecule has 0 atom stereocenters. The second kappa shape index (κ2) is 4.72. The lowest BCUT2D eigenvalue weighted by molar-refractivity contribution is 0.594. The molecule has 0 aliphatic rings. The van der Waals surface area contributed by atoms with E-state index in [0.29, 0.717) is 17.4 Å². The number of benzene rings is 1. The fraction of sp³-hybridized carbons (Fsp3) is 0.182. The summed E-state index contributed by atoms with van der Waals surface area (Å²) < 4.78 is 24.1. The van der Waals surface area contributed by atoms with Crippen molar-refractivity contribution in [2.45, 2.75) is 18.5 Å². The van der Waals surface area contributed by atoms with E-state index in [0.717, 1.165) is 5.56 Å². The van der Waals surface area contributed by atoms with Crippen molar-refractivity contribution in [2.75, 3.05) is 0 Å². The number of aryl methyl sites for hydroxylation is 1. The molecule has 96 valence electrons. The van der Waals surface area contributed by atoms with E-state index in [1.54, 1.807) is 23.6 Å². The van der Waals surface area contributed by atoms with Crippen LogP contribution >= 0.6 is 11.6 Å². The lowest BCUT2D eigenvalue weighted by atomic mass is 10.2. The largest absolute Gasteiger partial charge is 0.329 e. The molecule has 0 aliphatic heterocycles. The molecule has 1 aromatic carbocycles. The average Bonchev–Trinajstić information content (AvgIpc) is 2.63. The van der Waals surface area contributed by atoms with E-state index < -0.39 is 10.0 Å². The third-order valence-corrected chi connectivity index (χ3v) is 3.54. The Morgan fingerprint density at radius 1 is 1.33 bits per heavy atom. The van der Waals surface area contributed by atoms with Crippen LogP contribution < -0.4 is 5.14 Å². The number of imidazole rings is 1. The van der Waals surface area contributed by atoms with Crippen molar-refractivity contribution in [3.63, 3.8) is 0 Å². The number of hydrogen-bond acceptors (Lipinski definition) is 3. The Kier molecular flexibility index (Phi) is 3.43. The first-order valence-corrected chi connectivity index (χ1v) is 7.10. The number of sulfonamides is 1. The van der Waals surface area contributed by atoms with E-state index in [9.17, 15) is 8.42 Å². The number of rotatable bonds is 3. The van der Waals surface area contributed by atoms with Crippen molar-refractivity contribution in [3.05, 3.63) is 46.9 Å². The van der Waals surface area contributed by atoms with Crippen LogP contribution in [0.4, 0.5) is 0 Å². The molecule has 0 unspecified atom stereocenters. The zero-order chi connectivity index (χ0) is 13.3. The Morgan fingerprint density at radius 2 is 1.94 bits per heavy atom. The van der Waals surface area contributed by atoms with E-state index in [-0.39, 0.29) is 5.03 Å². The van der Waals surface area contributed by atoms with E-state index in [1.165, 1.54) is 6.20 Å². The van der Waals surface area contributed by atoms with Crippen LogP contribution in [0.25, 0.3) is 0 Å². The standard InChI is InChI=1S/C11H12ClN3O2S/c1-8-14-11(18(13,16)17)7-15(8)6-9-2-4-10(12)5-3-9/h2-5,7H,6H2,1H3,(H2,13,16,17). The van der Waals surface area contributed by atoms with Crippen LogP contribution in [0.3, 0.4) is 0 Å². The molecule has 2 aromatic rings. The zero-order valence-electron chi connectivity index (χ0n) is 9.67. The smallest absolute Gasteiger partial charge is 0.257 e. The van der Waals surface area contributed by atoms with Crippen LogP contribution in [0.2, 0.25) is 5.02 Å². The summed E-state index contributed by atoms with van der Waals surface area (Å²) in [5.74, 6) is 0.592. The Morgan fingerprint density at radius 3 is 2.44 bits per heavy atom. The molecule has 0 fully saturated rings. The van der Waals surface area contributed by atoms with Gasteiger partial charge in [0.05, 0.1) is 0 Å². The number of hydrogen-bond donors (Lipinski definition) is 1. The van der Waals surface area contributed by atoms with Gasteiger partial charge in [-0.05, 0) is 24.6 Å². The van der Waals surface area contributed by atoms with Crippen LogP contribution in [0, 0.1) is 6.92 Å². The molecular weight excluding hydrogens is 274 g/mol. The molecule has 1 aromatic heterocycles. The second-order valence-corrected chi connectivity index (χ2v) is 5.87. The number of halogens is 1. The Hall–Kier alpha value is -1.37. The van der Waals surface area contributed by atoms with E-state index in [1.807, 2.05) is 12.1 Å². The molecule has 0 spiro atoms. The van der Waals surface area contributed by atoms with Crippen molar-refractivity contribution in [1.82, 2.24) is 9.55 Å². The lowest BCUT2D eigenvalue weighted by Gasteiger charge is -2.04. The minimum atomic E-state index is -3.76. The molecule has 5 nitrogen and oxygen atoms in total. The molecule has 18 heavy (non-hydrogen) atoms. The SMILES string of the molecule is Cc1nc(S(N)(=O)=O)cn1Cc1ccc(Cl)cc1. The fourth-order valence-electron chi connectivity index (χ4n) is 1.56. The first-order valence-electron chi connectivity index (χ1n) is 5.17. The normalized spacial score (nSPS) is 11.7. The van der Waals surface area contributed by atoms with Gasteiger partial charge in [0.15, 0.2) is 5.03 Å². The van der Waals surface area contributed by atoms with Crippen molar-refractivity contribution < 1.29 is 8.42 Å². The van der Waals surface area contributed by atoms with Gasteiger partial charge in [0.1, 0.15) is 5.82 Å². The van der Waals surface area contributed by atoms with Gasteiger partial charge in [0.2, 0.25) is 0 Å². The molecule has 0 saturated heterocycles. The molecule has 0 bridgehead atoms. The highest BCUT2D eigenvalue weighted by molar-refractivity contribution is 7.89. The third kappa shape index (κ3) is 2.90. The van der Waals surface area contributed by atoms with Gasteiger partial charge in [-0.2, -0.15) is 0 Å². The number of primary sulfonamides is 1. The molecule has 2 N–H and O–H groups in total. The van der Waals surface area contributed by atoms with Gasteiger partial charge in [0, 0.05) is 17.8 Å². The van der Waals surface area contributed by atoms with Gasteiger partial charge in [-0.3, -0.25) is 0 Å². The van der Waals surface area contributed by atoms with Crippen LogP contribution in [-0.2, 0) is 16.6 Å². The molecule has 2 rings (SSSR count). The zero-order valence-corrected chi connectivity index (χ0v) is 11.2. The van der Waals surface area contributed by atoms with Gasteiger partial charge in [-0.15, -0.1) is 0 Å². The fourth-order valence-corrected chi connectivity index (χ4v) is 2.22. The van der Waals surface area contributed by atoms with Crippen molar-refractivity contribution in [3.8, 4) is 0 Å². The molecule has 0 aliphatic carbocycles. The van der Waals surface area contributed by atoms with Crippen molar-refractivity contribution >= 4 is 21.6 Å². The summed E-state index contributed by atoms with van der Waals surface area (Å²) >= 11 is 5.79. The minimum Gasteiger partial charge on any atom is -0.329 e. The maximum absolute atomic E-state index is 11.2. The maximum Gasteiger partial charge on any atom is 0.257 e.